The number of nitrogens with one attached hydrogen (secondary N) is 2. The number of pyridine rings is 1. The average Bonchev–Trinajstić information content (AvgIpc) is 3.02. The van der Waals surface area contributed by atoms with Gasteiger partial charge in [-0.1, -0.05) is 36.4 Å². The van der Waals surface area contributed by atoms with E-state index in [2.05, 4.69) is 27.7 Å². The highest BCUT2D eigenvalue weighted by molar-refractivity contribution is 7.98. The maximum atomic E-state index is 13.5. The minimum Gasteiger partial charge on any atom is -0.369 e. The Morgan fingerprint density at radius 3 is 2.47 bits per heavy atom. The van der Waals surface area contributed by atoms with Crippen molar-refractivity contribution in [1.29, 1.82) is 0 Å². The zero-order chi connectivity index (χ0) is 29.8. The number of anilines is 2. The summed E-state index contributed by atoms with van der Waals surface area (Å²) in [5.41, 5.74) is 4.40. The molecule has 2 atom stereocenters. The Balaban J connectivity index is 1.20. The Labute approximate surface area is 254 Å². The molecule has 7 nitrogen and oxygen atoms in total. The topological polar surface area (TPSA) is 83.4 Å². The number of rotatable bonds is 9. The van der Waals surface area contributed by atoms with Gasteiger partial charge in [-0.05, 0) is 66.4 Å². The van der Waals surface area contributed by atoms with Gasteiger partial charge in [0, 0.05) is 66.5 Å². The fourth-order valence-electron chi connectivity index (χ4n) is 6.05. The molecule has 0 unspecified atom stereocenters. The van der Waals surface area contributed by atoms with Crippen molar-refractivity contribution in [2.24, 2.45) is 5.92 Å². The number of aromatic nitrogens is 1. The van der Waals surface area contributed by atoms with Crippen LogP contribution in [-0.2, 0) is 12.3 Å². The number of benzene rings is 3. The molecule has 220 valence electrons. The van der Waals surface area contributed by atoms with E-state index >= 15 is 0 Å². The van der Waals surface area contributed by atoms with Crippen molar-refractivity contribution in [3.63, 3.8) is 0 Å². The standard InChI is InChI=1S/C34H33FN4O3S/c35-28-12-9-25(10-13-28)34(42)37-29-18-26(33(41)36-15-16-43-22-23-5-2-1-3-6-23)11-14-31(29)38-19-24-17-27(21-38)30-7-4-8-32(40)39(30)20-24/h1-14,18,24,27H,15-17,19-22H2,(H,36,41)(H,37,42)/t24-,27+/m1/s1. The molecule has 3 aromatic carbocycles. The molecule has 2 N–H and O–H groups in total. The molecule has 3 heterocycles. The van der Waals surface area contributed by atoms with Gasteiger partial charge in [0.25, 0.3) is 17.4 Å². The van der Waals surface area contributed by atoms with E-state index < -0.39 is 5.82 Å². The molecular weight excluding hydrogens is 563 g/mol. The molecule has 0 saturated carbocycles. The Bertz CT molecular complexity index is 1680. The third kappa shape index (κ3) is 6.67. The fraction of sp³-hybridized carbons (Fsp3) is 0.265. The number of hydrogen-bond acceptors (Lipinski definition) is 5. The van der Waals surface area contributed by atoms with Gasteiger partial charge in [-0.25, -0.2) is 4.39 Å². The van der Waals surface area contributed by atoms with Crippen molar-refractivity contribution in [3.8, 4) is 0 Å². The highest BCUT2D eigenvalue weighted by atomic mass is 32.2. The van der Waals surface area contributed by atoms with Gasteiger partial charge in [0.1, 0.15) is 5.82 Å². The normalized spacial score (nSPS) is 17.2. The number of amides is 2. The summed E-state index contributed by atoms with van der Waals surface area (Å²) in [6.07, 6.45) is 1.000. The molecule has 43 heavy (non-hydrogen) atoms. The van der Waals surface area contributed by atoms with Crippen molar-refractivity contribution in [2.45, 2.75) is 24.6 Å². The van der Waals surface area contributed by atoms with Crippen LogP contribution in [0.2, 0.25) is 0 Å². The summed E-state index contributed by atoms with van der Waals surface area (Å²) in [7, 11) is 0. The van der Waals surface area contributed by atoms with Gasteiger partial charge < -0.3 is 20.1 Å². The van der Waals surface area contributed by atoms with E-state index in [0.717, 1.165) is 35.9 Å². The summed E-state index contributed by atoms with van der Waals surface area (Å²) in [5, 5.41) is 5.98. The molecule has 2 aliphatic rings. The van der Waals surface area contributed by atoms with Crippen LogP contribution in [0.15, 0.2) is 95.8 Å². The van der Waals surface area contributed by atoms with E-state index in [0.29, 0.717) is 36.4 Å². The Kier molecular flexibility index (Phi) is 8.60. The van der Waals surface area contributed by atoms with Crippen LogP contribution < -0.4 is 21.1 Å². The molecule has 2 bridgehead atoms. The first-order valence-electron chi connectivity index (χ1n) is 14.5. The summed E-state index contributed by atoms with van der Waals surface area (Å²) < 4.78 is 15.4. The second kappa shape index (κ2) is 12.9. The van der Waals surface area contributed by atoms with Crippen molar-refractivity contribution in [3.05, 3.63) is 130 Å². The van der Waals surface area contributed by atoms with Crippen molar-refractivity contribution >= 4 is 35.0 Å². The number of carbonyl (C=O) groups excluding carboxylic acids is 2. The third-order valence-electron chi connectivity index (χ3n) is 8.08. The van der Waals surface area contributed by atoms with E-state index in [1.807, 2.05) is 41.0 Å². The number of carbonyl (C=O) groups is 2. The Morgan fingerprint density at radius 1 is 0.860 bits per heavy atom. The number of halogens is 1. The Hall–Kier alpha value is -4.37. The molecule has 0 spiro atoms. The quantitative estimate of drug-likeness (QED) is 0.249. The smallest absolute Gasteiger partial charge is 0.255 e. The molecule has 2 aliphatic heterocycles. The second-order valence-corrected chi connectivity index (χ2v) is 12.2. The van der Waals surface area contributed by atoms with E-state index in [9.17, 15) is 18.8 Å². The van der Waals surface area contributed by atoms with Crippen molar-refractivity contribution in [1.82, 2.24) is 9.88 Å². The van der Waals surface area contributed by atoms with E-state index in [1.165, 1.54) is 29.8 Å². The monoisotopic (exact) mass is 596 g/mol. The molecule has 0 aliphatic carbocycles. The van der Waals surface area contributed by atoms with Gasteiger partial charge in [-0.3, -0.25) is 14.4 Å². The predicted molar refractivity (Wildman–Crippen MR) is 169 cm³/mol. The van der Waals surface area contributed by atoms with Gasteiger partial charge >= 0.3 is 0 Å². The second-order valence-electron chi connectivity index (χ2n) is 11.1. The molecule has 2 amide bonds. The first-order chi connectivity index (χ1) is 20.9. The van der Waals surface area contributed by atoms with Crippen LogP contribution >= 0.6 is 11.8 Å². The number of thioether (sulfide) groups is 1. The van der Waals surface area contributed by atoms with Gasteiger partial charge in [0.2, 0.25) is 0 Å². The van der Waals surface area contributed by atoms with Crippen LogP contribution in [0.3, 0.4) is 0 Å². The highest BCUT2D eigenvalue weighted by Crippen LogP contribution is 2.39. The fourth-order valence-corrected chi connectivity index (χ4v) is 6.86. The zero-order valence-electron chi connectivity index (χ0n) is 23.7. The maximum absolute atomic E-state index is 13.5. The summed E-state index contributed by atoms with van der Waals surface area (Å²) in [5.74, 6) is 1.09. The first kappa shape index (κ1) is 28.7. The minimum atomic E-state index is -0.419. The van der Waals surface area contributed by atoms with Crippen molar-refractivity contribution < 1.29 is 14.0 Å². The molecule has 1 saturated heterocycles. The van der Waals surface area contributed by atoms with Crippen LogP contribution in [0.5, 0.6) is 0 Å². The lowest BCUT2D eigenvalue weighted by molar-refractivity contribution is 0.0954. The largest absolute Gasteiger partial charge is 0.369 e. The Morgan fingerprint density at radius 2 is 1.65 bits per heavy atom. The highest BCUT2D eigenvalue weighted by Gasteiger charge is 2.35. The lowest BCUT2D eigenvalue weighted by Gasteiger charge is -2.44. The average molecular weight is 597 g/mol. The third-order valence-corrected chi connectivity index (χ3v) is 9.11. The first-order valence-corrected chi connectivity index (χ1v) is 15.7. The maximum Gasteiger partial charge on any atom is 0.255 e. The van der Waals surface area contributed by atoms with Crippen LogP contribution in [0.1, 0.15) is 44.3 Å². The lowest BCUT2D eigenvalue weighted by Crippen LogP contribution is -2.47. The summed E-state index contributed by atoms with van der Waals surface area (Å²) in [6.45, 7) is 2.58. The van der Waals surface area contributed by atoms with Gasteiger partial charge in [0.15, 0.2) is 0 Å². The molecule has 6 rings (SSSR count). The molecule has 1 aromatic heterocycles. The molecule has 0 radical (unpaired) electrons. The number of fused-ring (bicyclic) bond motifs is 4. The molecule has 9 heteroatoms. The van der Waals surface area contributed by atoms with Gasteiger partial charge in [0.05, 0.1) is 11.4 Å². The van der Waals surface area contributed by atoms with E-state index in [4.69, 9.17) is 0 Å². The summed E-state index contributed by atoms with van der Waals surface area (Å²) >= 11 is 1.75. The van der Waals surface area contributed by atoms with Gasteiger partial charge in [-0.2, -0.15) is 11.8 Å². The van der Waals surface area contributed by atoms with E-state index in [-0.39, 0.29) is 29.2 Å². The van der Waals surface area contributed by atoms with Crippen LogP contribution in [0, 0.1) is 11.7 Å². The molecule has 4 aromatic rings. The number of piperidine rings is 1. The molecular formula is C34H33FN4O3S. The van der Waals surface area contributed by atoms with Crippen LogP contribution in [0.4, 0.5) is 15.8 Å². The minimum absolute atomic E-state index is 0.0294. The van der Waals surface area contributed by atoms with Gasteiger partial charge in [-0.15, -0.1) is 0 Å². The van der Waals surface area contributed by atoms with Crippen LogP contribution in [-0.4, -0.2) is 41.8 Å². The predicted octanol–water partition coefficient (Wildman–Crippen LogP) is 5.53. The van der Waals surface area contributed by atoms with Crippen molar-refractivity contribution in [2.75, 3.05) is 35.6 Å². The number of hydrogen-bond donors (Lipinski definition) is 2. The lowest BCUT2D eigenvalue weighted by atomic mass is 9.83. The van der Waals surface area contributed by atoms with E-state index in [1.54, 1.807) is 30.0 Å². The SMILES string of the molecule is O=C(NCCSCc1ccccc1)c1ccc(N2C[C@H]3C[C@@H](C2)c2cccc(=O)n2C3)c(NC(=O)c2ccc(F)cc2)c1. The van der Waals surface area contributed by atoms with Crippen LogP contribution in [0.25, 0.3) is 0 Å². The molecule has 1 fully saturated rings. The summed E-state index contributed by atoms with van der Waals surface area (Å²) in [4.78, 5) is 41.1. The number of nitrogens with zero attached hydrogens (tertiary/aromatic N) is 2. The summed E-state index contributed by atoms with van der Waals surface area (Å²) in [6, 6.07) is 26.4. The zero-order valence-corrected chi connectivity index (χ0v) is 24.5.